The smallest absolute Gasteiger partial charge is 0.331 e. The van der Waals surface area contributed by atoms with E-state index in [4.69, 9.17) is 9.47 Å². The van der Waals surface area contributed by atoms with E-state index in [2.05, 4.69) is 39.8 Å². The normalized spacial score (nSPS) is 24.4. The summed E-state index contributed by atoms with van der Waals surface area (Å²) in [5.41, 5.74) is 3.01. The second kappa shape index (κ2) is 19.4. The average molecular weight is 541 g/mol. The zero-order valence-corrected chi connectivity index (χ0v) is 25.3. The SMILES string of the molecule is CCCC[C@@H](O)/C=C(C)/C=C/C=C(C)/C=C(C)/C=C/C(=O)O[C@H]1CCCC(=O)O[C@@H](C(C)C)C/C=C/C[C@@H]1C. The van der Waals surface area contributed by atoms with Crippen LogP contribution < -0.4 is 0 Å². The number of carbonyl (C=O) groups excluding carboxylic acids is 2. The van der Waals surface area contributed by atoms with Crippen LogP contribution in [0.1, 0.15) is 99.8 Å². The third-order valence-electron chi connectivity index (χ3n) is 6.81. The van der Waals surface area contributed by atoms with Crippen LogP contribution in [0, 0.1) is 11.8 Å². The van der Waals surface area contributed by atoms with Gasteiger partial charge >= 0.3 is 11.9 Å². The van der Waals surface area contributed by atoms with E-state index in [0.717, 1.165) is 42.4 Å². The number of hydrogen-bond acceptors (Lipinski definition) is 5. The summed E-state index contributed by atoms with van der Waals surface area (Å²) < 4.78 is 11.5. The van der Waals surface area contributed by atoms with Crippen LogP contribution in [0.25, 0.3) is 0 Å². The molecule has 39 heavy (non-hydrogen) atoms. The second-order valence-corrected chi connectivity index (χ2v) is 11.2. The minimum absolute atomic E-state index is 0.0941. The molecule has 0 saturated heterocycles. The van der Waals surface area contributed by atoms with Crippen molar-refractivity contribution in [1.29, 1.82) is 0 Å². The molecule has 1 N–H and O–H groups in total. The van der Waals surface area contributed by atoms with Crippen molar-refractivity contribution in [3.05, 3.63) is 71.4 Å². The Labute approximate surface area is 237 Å². The topological polar surface area (TPSA) is 72.8 Å². The first-order chi connectivity index (χ1) is 18.5. The van der Waals surface area contributed by atoms with Gasteiger partial charge in [0.1, 0.15) is 12.2 Å². The van der Waals surface area contributed by atoms with E-state index in [0.29, 0.717) is 25.7 Å². The zero-order valence-electron chi connectivity index (χ0n) is 25.3. The molecule has 0 aromatic carbocycles. The third-order valence-corrected chi connectivity index (χ3v) is 6.81. The Morgan fingerprint density at radius 3 is 2.51 bits per heavy atom. The highest BCUT2D eigenvalue weighted by molar-refractivity contribution is 5.82. The molecule has 218 valence electrons. The molecule has 4 atom stereocenters. The molecule has 5 nitrogen and oxygen atoms in total. The number of hydrogen-bond donors (Lipinski definition) is 1. The van der Waals surface area contributed by atoms with Crippen LogP contribution in [0.3, 0.4) is 0 Å². The van der Waals surface area contributed by atoms with Gasteiger partial charge in [-0.3, -0.25) is 4.79 Å². The van der Waals surface area contributed by atoms with Gasteiger partial charge in [-0.15, -0.1) is 0 Å². The molecule has 0 fully saturated rings. The number of cyclic esters (lactones) is 1. The minimum Gasteiger partial charge on any atom is -0.462 e. The molecular weight excluding hydrogens is 488 g/mol. The maximum Gasteiger partial charge on any atom is 0.331 e. The minimum atomic E-state index is -0.398. The number of ether oxygens (including phenoxy) is 2. The maximum absolute atomic E-state index is 12.6. The first-order valence-electron chi connectivity index (χ1n) is 14.6. The Morgan fingerprint density at radius 1 is 1.10 bits per heavy atom. The van der Waals surface area contributed by atoms with Gasteiger partial charge in [0.2, 0.25) is 0 Å². The first kappa shape index (κ1) is 34.4. The number of aliphatic hydroxyl groups is 1. The van der Waals surface area contributed by atoms with Crippen molar-refractivity contribution < 1.29 is 24.2 Å². The molecule has 0 unspecified atom stereocenters. The van der Waals surface area contributed by atoms with E-state index < -0.39 is 6.10 Å². The van der Waals surface area contributed by atoms with Crippen LogP contribution in [0.4, 0.5) is 0 Å². The molecule has 1 heterocycles. The molecular formula is C34H52O5. The molecule has 0 spiro atoms. The van der Waals surface area contributed by atoms with Crippen molar-refractivity contribution in [2.24, 2.45) is 11.8 Å². The lowest BCUT2D eigenvalue weighted by atomic mass is 9.94. The van der Waals surface area contributed by atoms with Gasteiger partial charge in [-0.25, -0.2) is 4.79 Å². The predicted octanol–water partition coefficient (Wildman–Crippen LogP) is 8.12. The molecule has 0 bridgehead atoms. The molecule has 0 radical (unpaired) electrons. The molecule has 1 rings (SSSR count). The van der Waals surface area contributed by atoms with Crippen molar-refractivity contribution >= 4 is 11.9 Å². The first-order valence-corrected chi connectivity index (χ1v) is 14.6. The van der Waals surface area contributed by atoms with E-state index in [-0.39, 0.29) is 36.0 Å². The highest BCUT2D eigenvalue weighted by Crippen LogP contribution is 2.22. The highest BCUT2D eigenvalue weighted by Gasteiger charge is 2.23. The van der Waals surface area contributed by atoms with Gasteiger partial charge in [-0.1, -0.05) is 106 Å². The number of rotatable bonds is 11. The Hall–Kier alpha value is -2.66. The predicted molar refractivity (Wildman–Crippen MR) is 161 cm³/mol. The summed E-state index contributed by atoms with van der Waals surface area (Å²) in [6, 6.07) is 0. The number of unbranched alkanes of at least 4 members (excludes halogenated alkanes) is 1. The fourth-order valence-corrected chi connectivity index (χ4v) is 4.33. The average Bonchev–Trinajstić information content (AvgIpc) is 2.86. The van der Waals surface area contributed by atoms with E-state index >= 15 is 0 Å². The van der Waals surface area contributed by atoms with Gasteiger partial charge in [0, 0.05) is 18.9 Å². The van der Waals surface area contributed by atoms with Gasteiger partial charge in [0.05, 0.1) is 6.10 Å². The number of aliphatic hydroxyl groups excluding tert-OH is 1. The van der Waals surface area contributed by atoms with Gasteiger partial charge in [0.25, 0.3) is 0 Å². The zero-order chi connectivity index (χ0) is 29.2. The molecule has 5 heteroatoms. The van der Waals surface area contributed by atoms with Crippen molar-refractivity contribution in [2.45, 2.75) is 118 Å². The lowest BCUT2D eigenvalue weighted by Crippen LogP contribution is -2.26. The molecule has 0 saturated carbocycles. The lowest BCUT2D eigenvalue weighted by molar-refractivity contribution is -0.151. The van der Waals surface area contributed by atoms with Crippen LogP contribution in [-0.4, -0.2) is 35.4 Å². The summed E-state index contributed by atoms with van der Waals surface area (Å²) in [7, 11) is 0. The van der Waals surface area contributed by atoms with Gasteiger partial charge in [-0.05, 0) is 58.3 Å². The van der Waals surface area contributed by atoms with Crippen LogP contribution in [-0.2, 0) is 19.1 Å². The Morgan fingerprint density at radius 2 is 1.82 bits per heavy atom. The Balaban J connectivity index is 2.71. The molecule has 1 aliphatic heterocycles. The van der Waals surface area contributed by atoms with Crippen molar-refractivity contribution in [3.8, 4) is 0 Å². The van der Waals surface area contributed by atoms with Crippen LogP contribution in [0.15, 0.2) is 71.4 Å². The summed E-state index contributed by atoms with van der Waals surface area (Å²) in [5, 5.41) is 10.0. The molecule has 0 amide bonds. The Kier molecular flexibility index (Phi) is 17.1. The van der Waals surface area contributed by atoms with Gasteiger partial charge in [-0.2, -0.15) is 0 Å². The van der Waals surface area contributed by atoms with Crippen LogP contribution in [0.2, 0.25) is 0 Å². The molecule has 1 aliphatic rings. The highest BCUT2D eigenvalue weighted by atomic mass is 16.5. The van der Waals surface area contributed by atoms with E-state index in [1.807, 2.05) is 51.2 Å². The number of carbonyl (C=O) groups is 2. The lowest BCUT2D eigenvalue weighted by Gasteiger charge is -2.24. The summed E-state index contributed by atoms with van der Waals surface area (Å²) >= 11 is 0. The molecule has 0 aromatic rings. The summed E-state index contributed by atoms with van der Waals surface area (Å²) in [6.45, 7) is 14.3. The van der Waals surface area contributed by atoms with Gasteiger partial charge in [0.15, 0.2) is 0 Å². The van der Waals surface area contributed by atoms with Crippen molar-refractivity contribution in [2.75, 3.05) is 0 Å². The van der Waals surface area contributed by atoms with Crippen molar-refractivity contribution in [3.63, 3.8) is 0 Å². The quantitative estimate of drug-likeness (QED) is 0.124. The van der Waals surface area contributed by atoms with E-state index in [1.54, 1.807) is 6.08 Å². The van der Waals surface area contributed by atoms with Gasteiger partial charge < -0.3 is 14.6 Å². The maximum atomic E-state index is 12.6. The number of allylic oxidation sites excluding steroid dienone is 9. The van der Waals surface area contributed by atoms with Crippen LogP contribution >= 0.6 is 0 Å². The molecule has 0 aromatic heterocycles. The van der Waals surface area contributed by atoms with E-state index in [1.165, 1.54) is 6.08 Å². The fourth-order valence-electron chi connectivity index (χ4n) is 4.33. The monoisotopic (exact) mass is 540 g/mol. The third kappa shape index (κ3) is 16.1. The van der Waals surface area contributed by atoms with Crippen molar-refractivity contribution in [1.82, 2.24) is 0 Å². The summed E-state index contributed by atoms with van der Waals surface area (Å²) in [4.78, 5) is 24.9. The summed E-state index contributed by atoms with van der Waals surface area (Å²) in [6.07, 6.45) is 22.5. The standard InChI is InChI=1S/C34H52O5/c1-8-9-17-30(35)24-27(5)15-12-14-26(4)23-28(6)21-22-34(37)39-32-19-13-20-33(36)38-31(25(2)3)18-11-10-16-29(32)7/h10-12,14-15,21-25,29-32,35H,8-9,13,16-20H2,1-7H3/b11-10+,15-12+,22-21+,26-14+,27-24+,28-23+/t29-,30+,31+,32-/m0/s1. The second-order valence-electron chi connectivity index (χ2n) is 11.2. The number of esters is 2. The largest absolute Gasteiger partial charge is 0.462 e. The Bertz CT molecular complexity index is 931. The molecule has 0 aliphatic carbocycles. The fraction of sp³-hybridized carbons (Fsp3) is 0.588. The summed E-state index contributed by atoms with van der Waals surface area (Å²) in [5.74, 6) is -0.128. The van der Waals surface area contributed by atoms with E-state index in [9.17, 15) is 14.7 Å². The van der Waals surface area contributed by atoms with Crippen LogP contribution in [0.5, 0.6) is 0 Å².